The van der Waals surface area contributed by atoms with Gasteiger partial charge in [0.1, 0.15) is 5.82 Å². The van der Waals surface area contributed by atoms with Gasteiger partial charge in [-0.1, -0.05) is 19.8 Å². The van der Waals surface area contributed by atoms with E-state index in [1.807, 2.05) is 12.4 Å². The molecule has 2 unspecified atom stereocenters. The number of imidazole rings is 1. The van der Waals surface area contributed by atoms with Gasteiger partial charge in [0.05, 0.1) is 12.1 Å². The second-order valence-electron chi connectivity index (χ2n) is 5.66. The summed E-state index contributed by atoms with van der Waals surface area (Å²) in [5.74, 6) is 1.69. The molecule has 18 heavy (non-hydrogen) atoms. The van der Waals surface area contributed by atoms with Crippen molar-refractivity contribution in [3.05, 3.63) is 18.2 Å². The number of nitrogens with zero attached hydrogens (tertiary/aromatic N) is 2. The van der Waals surface area contributed by atoms with Crippen LogP contribution < -0.4 is 5.32 Å². The molecule has 4 heteroatoms. The molecule has 1 aliphatic rings. The summed E-state index contributed by atoms with van der Waals surface area (Å²) >= 11 is 0. The van der Waals surface area contributed by atoms with Gasteiger partial charge in [-0.05, 0) is 25.7 Å². The summed E-state index contributed by atoms with van der Waals surface area (Å²) in [4.78, 5) is 4.33. The molecule has 0 saturated heterocycles. The molecule has 2 N–H and O–H groups in total. The van der Waals surface area contributed by atoms with Crippen molar-refractivity contribution in [2.24, 2.45) is 5.92 Å². The first-order valence-electron chi connectivity index (χ1n) is 7.06. The highest BCUT2D eigenvalue weighted by Crippen LogP contribution is 2.31. The molecule has 1 fully saturated rings. The SMILES string of the molecule is CCn1ccnc1CNCC1(O)CCCC(C)C1. The van der Waals surface area contributed by atoms with Crippen molar-refractivity contribution in [2.75, 3.05) is 6.54 Å². The summed E-state index contributed by atoms with van der Waals surface area (Å²) in [5.41, 5.74) is -0.513. The summed E-state index contributed by atoms with van der Waals surface area (Å²) in [5, 5.41) is 13.9. The molecule has 1 aromatic rings. The molecule has 0 aromatic carbocycles. The standard InChI is InChI=1S/C14H25N3O/c1-3-17-8-7-16-13(17)10-15-11-14(18)6-4-5-12(2)9-14/h7-8,12,15,18H,3-6,9-11H2,1-2H3. The fourth-order valence-electron chi connectivity index (χ4n) is 3.00. The van der Waals surface area contributed by atoms with Crippen molar-refractivity contribution in [3.63, 3.8) is 0 Å². The van der Waals surface area contributed by atoms with Crippen LogP contribution in [0, 0.1) is 5.92 Å². The van der Waals surface area contributed by atoms with Gasteiger partial charge in [0.15, 0.2) is 0 Å². The Balaban J connectivity index is 1.81. The van der Waals surface area contributed by atoms with Gasteiger partial charge in [-0.3, -0.25) is 0 Å². The van der Waals surface area contributed by atoms with Gasteiger partial charge in [-0.2, -0.15) is 0 Å². The Labute approximate surface area is 109 Å². The maximum absolute atomic E-state index is 10.5. The third-order valence-electron chi connectivity index (χ3n) is 3.95. The number of aliphatic hydroxyl groups is 1. The average molecular weight is 251 g/mol. The molecule has 2 rings (SSSR count). The highest BCUT2D eigenvalue weighted by atomic mass is 16.3. The van der Waals surface area contributed by atoms with Gasteiger partial charge in [0, 0.05) is 25.5 Å². The van der Waals surface area contributed by atoms with E-state index in [4.69, 9.17) is 0 Å². The van der Waals surface area contributed by atoms with Crippen LogP contribution in [-0.2, 0) is 13.1 Å². The molecule has 1 aromatic heterocycles. The van der Waals surface area contributed by atoms with E-state index in [1.54, 1.807) is 0 Å². The molecule has 0 spiro atoms. The highest BCUT2D eigenvalue weighted by molar-refractivity contribution is 4.93. The van der Waals surface area contributed by atoms with Gasteiger partial charge in [-0.25, -0.2) is 4.98 Å². The smallest absolute Gasteiger partial charge is 0.122 e. The van der Waals surface area contributed by atoms with Gasteiger partial charge < -0.3 is 15.0 Å². The van der Waals surface area contributed by atoms with Crippen LogP contribution in [0.1, 0.15) is 45.4 Å². The molecular weight excluding hydrogens is 226 g/mol. The zero-order valence-electron chi connectivity index (χ0n) is 11.5. The molecule has 0 radical (unpaired) electrons. The summed E-state index contributed by atoms with van der Waals surface area (Å²) < 4.78 is 2.13. The van der Waals surface area contributed by atoms with E-state index in [-0.39, 0.29) is 0 Å². The van der Waals surface area contributed by atoms with Gasteiger partial charge in [0.2, 0.25) is 0 Å². The Morgan fingerprint density at radius 2 is 2.44 bits per heavy atom. The summed E-state index contributed by atoms with van der Waals surface area (Å²) in [7, 11) is 0. The third-order valence-corrected chi connectivity index (χ3v) is 3.95. The van der Waals surface area contributed by atoms with E-state index in [1.165, 1.54) is 6.42 Å². The zero-order chi connectivity index (χ0) is 13.0. The number of nitrogens with one attached hydrogen (secondary N) is 1. The van der Waals surface area contributed by atoms with Crippen molar-refractivity contribution in [1.82, 2.24) is 14.9 Å². The first-order valence-corrected chi connectivity index (χ1v) is 7.06. The number of aryl methyl sites for hydroxylation is 1. The second kappa shape index (κ2) is 5.85. The molecule has 2 atom stereocenters. The van der Waals surface area contributed by atoms with Gasteiger partial charge in [0.25, 0.3) is 0 Å². The van der Waals surface area contributed by atoms with Crippen LogP contribution in [0.4, 0.5) is 0 Å². The van der Waals surface area contributed by atoms with Crippen LogP contribution in [0.5, 0.6) is 0 Å². The van der Waals surface area contributed by atoms with Crippen LogP contribution in [0.25, 0.3) is 0 Å². The summed E-state index contributed by atoms with van der Waals surface area (Å²) in [6.07, 6.45) is 8.06. The number of hydrogen-bond acceptors (Lipinski definition) is 3. The van der Waals surface area contributed by atoms with E-state index in [0.29, 0.717) is 12.5 Å². The molecule has 1 saturated carbocycles. The zero-order valence-corrected chi connectivity index (χ0v) is 11.5. The monoisotopic (exact) mass is 251 g/mol. The molecular formula is C14H25N3O. The lowest BCUT2D eigenvalue weighted by Crippen LogP contribution is -2.44. The van der Waals surface area contributed by atoms with E-state index in [9.17, 15) is 5.11 Å². The maximum Gasteiger partial charge on any atom is 0.122 e. The highest BCUT2D eigenvalue weighted by Gasteiger charge is 2.32. The lowest BCUT2D eigenvalue weighted by atomic mass is 9.79. The van der Waals surface area contributed by atoms with Gasteiger partial charge in [-0.15, -0.1) is 0 Å². The minimum Gasteiger partial charge on any atom is -0.389 e. The minimum absolute atomic E-state index is 0.513. The van der Waals surface area contributed by atoms with Crippen LogP contribution in [0.3, 0.4) is 0 Å². The molecule has 1 aliphatic carbocycles. The number of rotatable bonds is 5. The molecule has 0 bridgehead atoms. The van der Waals surface area contributed by atoms with Crippen LogP contribution >= 0.6 is 0 Å². The van der Waals surface area contributed by atoms with Gasteiger partial charge >= 0.3 is 0 Å². The van der Waals surface area contributed by atoms with Crippen molar-refractivity contribution in [2.45, 2.75) is 58.2 Å². The first-order chi connectivity index (χ1) is 8.63. The van der Waals surface area contributed by atoms with Crippen molar-refractivity contribution >= 4 is 0 Å². The fourth-order valence-corrected chi connectivity index (χ4v) is 3.00. The van der Waals surface area contributed by atoms with Crippen molar-refractivity contribution in [3.8, 4) is 0 Å². The average Bonchev–Trinajstić information content (AvgIpc) is 2.76. The Bertz CT molecular complexity index is 377. The predicted molar refractivity (Wildman–Crippen MR) is 72.2 cm³/mol. The van der Waals surface area contributed by atoms with Crippen LogP contribution in [0.2, 0.25) is 0 Å². The Kier molecular flexibility index (Phi) is 4.40. The Morgan fingerprint density at radius 1 is 1.61 bits per heavy atom. The summed E-state index contributed by atoms with van der Waals surface area (Å²) in [6.45, 7) is 6.69. The Morgan fingerprint density at radius 3 is 3.17 bits per heavy atom. The van der Waals surface area contributed by atoms with E-state index in [0.717, 1.165) is 38.2 Å². The third kappa shape index (κ3) is 3.33. The molecule has 1 heterocycles. The topological polar surface area (TPSA) is 50.1 Å². The quantitative estimate of drug-likeness (QED) is 0.841. The van der Waals surface area contributed by atoms with E-state index >= 15 is 0 Å². The van der Waals surface area contributed by atoms with E-state index < -0.39 is 5.60 Å². The first kappa shape index (κ1) is 13.6. The number of aromatic nitrogens is 2. The number of hydrogen-bond donors (Lipinski definition) is 2. The lowest BCUT2D eigenvalue weighted by Gasteiger charge is -2.35. The Hall–Kier alpha value is -0.870. The van der Waals surface area contributed by atoms with Crippen LogP contribution in [-0.4, -0.2) is 26.8 Å². The minimum atomic E-state index is -0.513. The molecule has 0 amide bonds. The predicted octanol–water partition coefficient (Wildman–Crippen LogP) is 1.93. The van der Waals surface area contributed by atoms with Crippen molar-refractivity contribution < 1.29 is 5.11 Å². The second-order valence-corrected chi connectivity index (χ2v) is 5.66. The fraction of sp³-hybridized carbons (Fsp3) is 0.786. The molecule has 102 valence electrons. The van der Waals surface area contributed by atoms with Crippen molar-refractivity contribution in [1.29, 1.82) is 0 Å². The molecule has 4 nitrogen and oxygen atoms in total. The molecule has 0 aliphatic heterocycles. The summed E-state index contributed by atoms with van der Waals surface area (Å²) in [6, 6.07) is 0. The maximum atomic E-state index is 10.5. The largest absolute Gasteiger partial charge is 0.389 e. The van der Waals surface area contributed by atoms with E-state index in [2.05, 4.69) is 28.7 Å². The van der Waals surface area contributed by atoms with Crippen LogP contribution in [0.15, 0.2) is 12.4 Å². The lowest BCUT2D eigenvalue weighted by molar-refractivity contribution is -0.0120. The normalized spacial score (nSPS) is 28.5.